The molecule has 4 bridgehead atoms. The number of nitrogens with zero attached hydrogens (tertiary/aromatic N) is 3. The van der Waals surface area contributed by atoms with Crippen molar-refractivity contribution in [2.75, 3.05) is 26.3 Å². The fourth-order valence-electron chi connectivity index (χ4n) is 6.86. The van der Waals surface area contributed by atoms with Gasteiger partial charge in [-0.05, 0) is 43.6 Å². The lowest BCUT2D eigenvalue weighted by Gasteiger charge is -2.67. The number of hydrogen-bond donors (Lipinski definition) is 2. The van der Waals surface area contributed by atoms with E-state index >= 15 is 0 Å². The predicted octanol–water partition coefficient (Wildman–Crippen LogP) is 3.17. The van der Waals surface area contributed by atoms with Crippen LogP contribution in [-0.2, 0) is 11.2 Å². The van der Waals surface area contributed by atoms with Crippen LogP contribution in [0.25, 0.3) is 0 Å². The van der Waals surface area contributed by atoms with Crippen LogP contribution in [0.4, 0.5) is 0 Å². The second-order valence-electron chi connectivity index (χ2n) is 9.04. The molecule has 4 aliphatic carbocycles. The second-order valence-corrected chi connectivity index (χ2v) is 9.04. The fraction of sp³-hybridized carbons (Fsp3) is 0.636. The van der Waals surface area contributed by atoms with Gasteiger partial charge in [0, 0.05) is 36.4 Å². The molecule has 0 amide bonds. The molecule has 0 unspecified atom stereocenters. The molecule has 150 valence electrons. The van der Waals surface area contributed by atoms with Gasteiger partial charge in [-0.1, -0.05) is 40.6 Å². The van der Waals surface area contributed by atoms with Crippen LogP contribution >= 0.6 is 0 Å². The first-order valence-electron chi connectivity index (χ1n) is 10.5. The lowest BCUT2D eigenvalue weighted by Crippen LogP contribution is -2.74. The Balaban J connectivity index is 1.58. The highest BCUT2D eigenvalue weighted by atomic mass is 16.5. The third-order valence-corrected chi connectivity index (χ3v) is 7.99. The molecule has 4 atom stereocenters. The number of benzene rings is 1. The molecule has 6 heteroatoms. The monoisotopic (exact) mass is 383 g/mol. The summed E-state index contributed by atoms with van der Waals surface area (Å²) in [6, 6.07) is 10.5. The van der Waals surface area contributed by atoms with Crippen molar-refractivity contribution in [3.05, 3.63) is 35.9 Å². The number of oxime groups is 2. The van der Waals surface area contributed by atoms with Crippen LogP contribution in [0.2, 0.25) is 0 Å². The van der Waals surface area contributed by atoms with Gasteiger partial charge in [0.05, 0.1) is 24.6 Å². The van der Waals surface area contributed by atoms with Gasteiger partial charge in [-0.3, -0.25) is 4.90 Å². The number of fused-ring (bicyclic) bond motifs is 1. The van der Waals surface area contributed by atoms with Crippen LogP contribution in [0.5, 0.6) is 0 Å². The first kappa shape index (κ1) is 18.1. The number of rotatable bonds is 3. The third kappa shape index (κ3) is 2.54. The Labute approximate surface area is 165 Å². The maximum absolute atomic E-state index is 10.0. The van der Waals surface area contributed by atoms with Gasteiger partial charge in [0.2, 0.25) is 0 Å². The van der Waals surface area contributed by atoms with E-state index in [0.29, 0.717) is 5.92 Å². The van der Waals surface area contributed by atoms with E-state index in [4.69, 9.17) is 4.74 Å². The third-order valence-electron chi connectivity index (χ3n) is 7.99. The lowest BCUT2D eigenvalue weighted by atomic mass is 9.42. The average Bonchev–Trinajstić information content (AvgIpc) is 2.75. The summed E-state index contributed by atoms with van der Waals surface area (Å²) < 4.78 is 5.62. The second kappa shape index (κ2) is 6.85. The van der Waals surface area contributed by atoms with Gasteiger partial charge in [-0.2, -0.15) is 0 Å². The molecule has 5 fully saturated rings. The van der Waals surface area contributed by atoms with Gasteiger partial charge < -0.3 is 15.2 Å². The van der Waals surface area contributed by atoms with Gasteiger partial charge in [0.15, 0.2) is 0 Å². The number of hydrogen-bond acceptors (Lipinski definition) is 6. The SMILES string of the molecule is O/N=C1/CC[C@H]2C[C@]3(Cc4ccccc4)C[C@H]1[C@]2(N1CCOCC1)C/C3=N\O. The highest BCUT2D eigenvalue weighted by Gasteiger charge is 2.67. The Kier molecular flexibility index (Phi) is 4.43. The summed E-state index contributed by atoms with van der Waals surface area (Å²) in [6.45, 7) is 3.29. The van der Waals surface area contributed by atoms with E-state index in [-0.39, 0.29) is 16.9 Å². The molecular formula is C22H29N3O3. The zero-order valence-electron chi connectivity index (χ0n) is 16.3. The van der Waals surface area contributed by atoms with Crippen molar-refractivity contribution >= 4 is 11.4 Å². The molecule has 6 nitrogen and oxygen atoms in total. The van der Waals surface area contributed by atoms with Gasteiger partial charge in [-0.15, -0.1) is 0 Å². The van der Waals surface area contributed by atoms with Crippen molar-refractivity contribution in [1.29, 1.82) is 0 Å². The summed E-state index contributed by atoms with van der Waals surface area (Å²) in [6.07, 6.45) is 5.53. The summed E-state index contributed by atoms with van der Waals surface area (Å²) in [7, 11) is 0. The molecule has 1 aliphatic heterocycles. The zero-order valence-corrected chi connectivity index (χ0v) is 16.3. The van der Waals surface area contributed by atoms with E-state index < -0.39 is 0 Å². The molecule has 1 heterocycles. The van der Waals surface area contributed by atoms with Gasteiger partial charge in [-0.25, -0.2) is 0 Å². The van der Waals surface area contributed by atoms with Crippen molar-refractivity contribution in [3.8, 4) is 0 Å². The van der Waals surface area contributed by atoms with Crippen molar-refractivity contribution in [3.63, 3.8) is 0 Å². The van der Waals surface area contributed by atoms with Gasteiger partial charge in [0.1, 0.15) is 0 Å². The van der Waals surface area contributed by atoms with Crippen LogP contribution in [0.15, 0.2) is 40.6 Å². The number of morpholine rings is 1. The minimum absolute atomic E-state index is 0.0937. The van der Waals surface area contributed by atoms with Crippen LogP contribution < -0.4 is 0 Å². The van der Waals surface area contributed by atoms with E-state index in [0.717, 1.165) is 76.3 Å². The highest BCUT2D eigenvalue weighted by molar-refractivity contribution is 5.98. The quantitative estimate of drug-likeness (QED) is 0.621. The predicted molar refractivity (Wildman–Crippen MR) is 106 cm³/mol. The van der Waals surface area contributed by atoms with Crippen molar-refractivity contribution in [2.45, 2.75) is 44.1 Å². The fourth-order valence-corrected chi connectivity index (χ4v) is 6.86. The molecule has 1 aromatic carbocycles. The van der Waals surface area contributed by atoms with E-state index in [2.05, 4.69) is 39.5 Å². The molecule has 0 radical (unpaired) electrons. The first-order chi connectivity index (χ1) is 13.7. The normalized spacial score (nSPS) is 40.9. The summed E-state index contributed by atoms with van der Waals surface area (Å²) in [4.78, 5) is 2.56. The maximum Gasteiger partial charge on any atom is 0.0654 e. The summed E-state index contributed by atoms with van der Waals surface area (Å²) >= 11 is 0. The Bertz CT molecular complexity index is 789. The first-order valence-corrected chi connectivity index (χ1v) is 10.5. The minimum atomic E-state index is -0.143. The molecular weight excluding hydrogens is 354 g/mol. The highest BCUT2D eigenvalue weighted by Crippen LogP contribution is 2.63. The Morgan fingerprint density at radius 1 is 1.07 bits per heavy atom. The molecule has 0 aromatic heterocycles. The Morgan fingerprint density at radius 2 is 1.86 bits per heavy atom. The average molecular weight is 383 g/mol. The Morgan fingerprint density at radius 3 is 2.57 bits per heavy atom. The van der Waals surface area contributed by atoms with E-state index in [1.807, 2.05) is 6.07 Å². The smallest absolute Gasteiger partial charge is 0.0654 e. The minimum Gasteiger partial charge on any atom is -0.411 e. The molecule has 5 aliphatic rings. The van der Waals surface area contributed by atoms with Crippen LogP contribution in [-0.4, -0.2) is 58.6 Å². The summed E-state index contributed by atoms with van der Waals surface area (Å²) in [5, 5.41) is 27.5. The van der Waals surface area contributed by atoms with Crippen LogP contribution in [0.1, 0.15) is 37.7 Å². The molecule has 6 rings (SSSR count). The van der Waals surface area contributed by atoms with Crippen molar-refractivity contribution in [1.82, 2.24) is 4.90 Å². The zero-order chi connectivity index (χ0) is 19.2. The van der Waals surface area contributed by atoms with Crippen LogP contribution in [0, 0.1) is 17.3 Å². The maximum atomic E-state index is 10.0. The summed E-state index contributed by atoms with van der Waals surface area (Å²) in [5.74, 6) is 0.751. The molecule has 1 saturated heterocycles. The van der Waals surface area contributed by atoms with E-state index in [1.165, 1.54) is 5.56 Å². The van der Waals surface area contributed by atoms with Gasteiger partial charge in [0.25, 0.3) is 0 Å². The van der Waals surface area contributed by atoms with Crippen molar-refractivity contribution < 1.29 is 15.2 Å². The van der Waals surface area contributed by atoms with Crippen molar-refractivity contribution in [2.24, 2.45) is 27.6 Å². The number of ether oxygens (including phenoxy) is 1. The largest absolute Gasteiger partial charge is 0.411 e. The molecule has 4 saturated carbocycles. The van der Waals surface area contributed by atoms with E-state index in [9.17, 15) is 10.4 Å². The van der Waals surface area contributed by atoms with Gasteiger partial charge >= 0.3 is 0 Å². The Hall–Kier alpha value is -1.92. The topological polar surface area (TPSA) is 77.7 Å². The lowest BCUT2D eigenvalue weighted by molar-refractivity contribution is -0.114. The standard InChI is InChI=1S/C22H29N3O3/c26-23-19-7-6-17-13-21(12-16-4-2-1-3-5-16)14-18(19)22(17,15-20(21)24-27)25-8-10-28-11-9-25/h1-5,17-18,26-27H,6-15H2/b23-19-,24-20+/t17-,18+,21+,22-/m0/s1. The molecule has 1 aromatic rings. The molecule has 2 N–H and O–H groups in total. The molecule has 0 spiro atoms. The molecule has 28 heavy (non-hydrogen) atoms. The van der Waals surface area contributed by atoms with E-state index in [1.54, 1.807) is 0 Å². The van der Waals surface area contributed by atoms with Crippen LogP contribution in [0.3, 0.4) is 0 Å². The summed E-state index contributed by atoms with van der Waals surface area (Å²) in [5.41, 5.74) is 2.93.